The lowest BCUT2D eigenvalue weighted by Gasteiger charge is -2.23. The summed E-state index contributed by atoms with van der Waals surface area (Å²) in [6.07, 6.45) is 2.97. The zero-order valence-electron chi connectivity index (χ0n) is 10.6. The molecule has 1 fully saturated rings. The summed E-state index contributed by atoms with van der Waals surface area (Å²) in [4.78, 5) is 21.8. The van der Waals surface area contributed by atoms with E-state index < -0.39 is 5.97 Å². The van der Waals surface area contributed by atoms with Gasteiger partial charge in [-0.2, -0.15) is 0 Å². The Labute approximate surface area is 107 Å². The molecule has 0 saturated carbocycles. The molecule has 0 bridgehead atoms. The third kappa shape index (κ3) is 7.24. The Bertz CT molecular complexity index is 265. The number of ether oxygens (including phenoxy) is 1. The number of nitrogens with one attached hydrogen (secondary N) is 2. The van der Waals surface area contributed by atoms with Crippen molar-refractivity contribution >= 4 is 11.9 Å². The molecule has 0 aromatic rings. The molecule has 1 amide bonds. The van der Waals surface area contributed by atoms with E-state index in [4.69, 9.17) is 9.84 Å². The third-order valence-corrected chi connectivity index (χ3v) is 2.82. The average molecular weight is 258 g/mol. The largest absolute Gasteiger partial charge is 0.481 e. The highest BCUT2D eigenvalue weighted by Gasteiger charge is 2.16. The standard InChI is InChI=1S/C12H22N2O4/c15-11(8-10-9-18-7-6-13-10)14-5-3-1-2-4-12(16)17/h10,13H,1-9H2,(H,14,15)(H,16,17). The Balaban J connectivity index is 1.94. The molecular formula is C12H22N2O4. The molecule has 3 N–H and O–H groups in total. The molecule has 6 heteroatoms. The topological polar surface area (TPSA) is 87.7 Å². The van der Waals surface area contributed by atoms with Gasteiger partial charge in [0.15, 0.2) is 0 Å². The number of hydrogen-bond donors (Lipinski definition) is 3. The van der Waals surface area contributed by atoms with Crippen LogP contribution in [0.4, 0.5) is 0 Å². The van der Waals surface area contributed by atoms with Crippen molar-refractivity contribution in [1.29, 1.82) is 0 Å². The zero-order valence-corrected chi connectivity index (χ0v) is 10.6. The van der Waals surface area contributed by atoms with Crippen LogP contribution in [0.5, 0.6) is 0 Å². The number of unbranched alkanes of at least 4 members (excludes halogenated alkanes) is 2. The van der Waals surface area contributed by atoms with E-state index in [0.29, 0.717) is 32.6 Å². The Hall–Kier alpha value is -1.14. The normalized spacial score (nSPS) is 19.4. The highest BCUT2D eigenvalue weighted by atomic mass is 16.5. The third-order valence-electron chi connectivity index (χ3n) is 2.82. The van der Waals surface area contributed by atoms with E-state index in [1.807, 2.05) is 0 Å². The van der Waals surface area contributed by atoms with Crippen molar-refractivity contribution in [3.63, 3.8) is 0 Å². The van der Waals surface area contributed by atoms with Crippen LogP contribution in [0.2, 0.25) is 0 Å². The first kappa shape index (κ1) is 14.9. The molecule has 1 aliphatic rings. The van der Waals surface area contributed by atoms with Gasteiger partial charge in [-0.05, 0) is 12.8 Å². The fraction of sp³-hybridized carbons (Fsp3) is 0.833. The van der Waals surface area contributed by atoms with Gasteiger partial charge < -0.3 is 20.5 Å². The SMILES string of the molecule is O=C(O)CCCCCNC(=O)CC1COCCN1. The Morgan fingerprint density at radius 1 is 1.33 bits per heavy atom. The van der Waals surface area contributed by atoms with Gasteiger partial charge in [0.1, 0.15) is 0 Å². The summed E-state index contributed by atoms with van der Waals surface area (Å²) in [5.41, 5.74) is 0. The van der Waals surface area contributed by atoms with Gasteiger partial charge in [0, 0.05) is 32.0 Å². The van der Waals surface area contributed by atoms with Gasteiger partial charge >= 0.3 is 5.97 Å². The van der Waals surface area contributed by atoms with Crippen molar-refractivity contribution in [1.82, 2.24) is 10.6 Å². The van der Waals surface area contributed by atoms with Crippen LogP contribution in [0.25, 0.3) is 0 Å². The first-order valence-electron chi connectivity index (χ1n) is 6.48. The summed E-state index contributed by atoms with van der Waals surface area (Å²) in [5, 5.41) is 14.5. The molecule has 1 aliphatic heterocycles. The van der Waals surface area contributed by atoms with E-state index in [1.54, 1.807) is 0 Å². The molecule has 0 spiro atoms. The van der Waals surface area contributed by atoms with Gasteiger partial charge in [0.25, 0.3) is 0 Å². The maximum Gasteiger partial charge on any atom is 0.303 e. The van der Waals surface area contributed by atoms with Crippen LogP contribution >= 0.6 is 0 Å². The second-order valence-electron chi connectivity index (χ2n) is 4.48. The number of amides is 1. The molecule has 1 rings (SSSR count). The van der Waals surface area contributed by atoms with Gasteiger partial charge in [0.2, 0.25) is 5.91 Å². The van der Waals surface area contributed by atoms with Crippen LogP contribution in [-0.2, 0) is 14.3 Å². The lowest BCUT2D eigenvalue weighted by molar-refractivity contribution is -0.137. The molecule has 1 atom stereocenters. The zero-order chi connectivity index (χ0) is 13.2. The molecule has 1 heterocycles. The molecule has 6 nitrogen and oxygen atoms in total. The van der Waals surface area contributed by atoms with E-state index in [2.05, 4.69) is 10.6 Å². The summed E-state index contributed by atoms with van der Waals surface area (Å²) < 4.78 is 5.26. The number of carbonyl (C=O) groups excluding carboxylic acids is 1. The van der Waals surface area contributed by atoms with Crippen LogP contribution < -0.4 is 10.6 Å². The molecule has 1 unspecified atom stereocenters. The predicted octanol–water partition coefficient (Wildman–Crippen LogP) is 0.126. The van der Waals surface area contributed by atoms with E-state index >= 15 is 0 Å². The molecular weight excluding hydrogens is 236 g/mol. The van der Waals surface area contributed by atoms with Crippen LogP contribution in [0.1, 0.15) is 32.1 Å². The number of hydrogen-bond acceptors (Lipinski definition) is 4. The highest BCUT2D eigenvalue weighted by molar-refractivity contribution is 5.76. The smallest absolute Gasteiger partial charge is 0.303 e. The van der Waals surface area contributed by atoms with Crippen molar-refractivity contribution in [2.24, 2.45) is 0 Å². The molecule has 0 aliphatic carbocycles. The van der Waals surface area contributed by atoms with E-state index in [-0.39, 0.29) is 18.4 Å². The van der Waals surface area contributed by atoms with Crippen molar-refractivity contribution < 1.29 is 19.4 Å². The maximum absolute atomic E-state index is 11.6. The van der Waals surface area contributed by atoms with Gasteiger partial charge in [-0.3, -0.25) is 9.59 Å². The average Bonchev–Trinajstić information content (AvgIpc) is 2.34. The molecule has 0 radical (unpaired) electrons. The Morgan fingerprint density at radius 2 is 2.17 bits per heavy atom. The fourth-order valence-corrected chi connectivity index (χ4v) is 1.85. The van der Waals surface area contributed by atoms with Crippen LogP contribution in [0.15, 0.2) is 0 Å². The minimum absolute atomic E-state index is 0.0243. The second kappa shape index (κ2) is 8.88. The van der Waals surface area contributed by atoms with Crippen LogP contribution in [0, 0.1) is 0 Å². The van der Waals surface area contributed by atoms with E-state index in [9.17, 15) is 9.59 Å². The summed E-state index contributed by atoms with van der Waals surface area (Å²) in [6, 6.07) is 0.116. The van der Waals surface area contributed by atoms with Gasteiger partial charge in [-0.25, -0.2) is 0 Å². The number of rotatable bonds is 8. The summed E-state index contributed by atoms with van der Waals surface area (Å²) in [5.74, 6) is -0.737. The molecule has 104 valence electrons. The first-order chi connectivity index (χ1) is 8.68. The van der Waals surface area contributed by atoms with E-state index in [0.717, 1.165) is 19.4 Å². The van der Waals surface area contributed by atoms with Gasteiger partial charge in [-0.15, -0.1) is 0 Å². The molecule has 0 aromatic carbocycles. The minimum atomic E-state index is -0.762. The van der Waals surface area contributed by atoms with Crippen molar-refractivity contribution in [3.05, 3.63) is 0 Å². The van der Waals surface area contributed by atoms with Gasteiger partial charge in [0.05, 0.1) is 13.2 Å². The number of carboxylic acids is 1. The van der Waals surface area contributed by atoms with Crippen molar-refractivity contribution in [3.8, 4) is 0 Å². The van der Waals surface area contributed by atoms with Crippen molar-refractivity contribution in [2.75, 3.05) is 26.3 Å². The number of morpholine rings is 1. The fourth-order valence-electron chi connectivity index (χ4n) is 1.85. The lowest BCUT2D eigenvalue weighted by atomic mass is 10.1. The van der Waals surface area contributed by atoms with Crippen LogP contribution in [0.3, 0.4) is 0 Å². The molecule has 0 aromatic heterocycles. The monoisotopic (exact) mass is 258 g/mol. The summed E-state index contributed by atoms with van der Waals surface area (Å²) in [6.45, 7) is 2.72. The highest BCUT2D eigenvalue weighted by Crippen LogP contribution is 2.00. The maximum atomic E-state index is 11.6. The van der Waals surface area contributed by atoms with E-state index in [1.165, 1.54) is 0 Å². The van der Waals surface area contributed by atoms with Crippen LogP contribution in [-0.4, -0.2) is 49.3 Å². The number of carboxylic acid groups (broad SMARTS) is 1. The first-order valence-corrected chi connectivity index (χ1v) is 6.48. The Kier molecular flexibility index (Phi) is 7.36. The second-order valence-corrected chi connectivity index (χ2v) is 4.48. The number of carbonyl (C=O) groups is 2. The lowest BCUT2D eigenvalue weighted by Crippen LogP contribution is -2.44. The summed E-state index contributed by atoms with van der Waals surface area (Å²) in [7, 11) is 0. The molecule has 1 saturated heterocycles. The minimum Gasteiger partial charge on any atom is -0.481 e. The predicted molar refractivity (Wildman–Crippen MR) is 66.3 cm³/mol. The Morgan fingerprint density at radius 3 is 2.83 bits per heavy atom. The molecule has 18 heavy (non-hydrogen) atoms. The summed E-state index contributed by atoms with van der Waals surface area (Å²) >= 11 is 0. The quantitative estimate of drug-likeness (QED) is 0.538. The van der Waals surface area contributed by atoms with Gasteiger partial charge in [-0.1, -0.05) is 6.42 Å². The number of aliphatic carboxylic acids is 1. The van der Waals surface area contributed by atoms with Crippen molar-refractivity contribution in [2.45, 2.75) is 38.1 Å².